The number of carbonyl (C=O) groups excluding carboxylic acids is 1. The molecule has 1 aromatic rings. The molecule has 0 spiro atoms. The Morgan fingerprint density at radius 3 is 2.26 bits per heavy atom. The molecule has 0 radical (unpaired) electrons. The highest BCUT2D eigenvalue weighted by Crippen LogP contribution is 2.43. The second-order valence-corrected chi connectivity index (χ2v) is 7.64. The van der Waals surface area contributed by atoms with Crippen LogP contribution in [-0.2, 0) is 30.2 Å². The molecule has 0 aromatic heterocycles. The third kappa shape index (κ3) is 3.40. The molecule has 4 rings (SSSR count). The van der Waals surface area contributed by atoms with E-state index in [-0.39, 0.29) is 6.10 Å². The van der Waals surface area contributed by atoms with Crippen molar-refractivity contribution < 1.29 is 28.9 Å². The van der Waals surface area contributed by atoms with Crippen molar-refractivity contribution in [3.63, 3.8) is 0 Å². The monoisotopic (exact) mass is 372 g/mol. The zero-order valence-electron chi connectivity index (χ0n) is 15.1. The number of aliphatic carboxylic acids is 1. The van der Waals surface area contributed by atoms with Gasteiger partial charge in [0.25, 0.3) is 0 Å². The largest absolute Gasteiger partial charge is 0.475 e. The zero-order valence-corrected chi connectivity index (χ0v) is 15.1. The molecule has 0 amide bonds. The summed E-state index contributed by atoms with van der Waals surface area (Å²) >= 11 is 0. The molecule has 2 fully saturated rings. The molecule has 1 atom stereocenters. The summed E-state index contributed by atoms with van der Waals surface area (Å²) < 4.78 is 16.5. The molecule has 27 heavy (non-hydrogen) atoms. The summed E-state index contributed by atoms with van der Waals surface area (Å²) in [7, 11) is 0. The number of hydrogen-bond acceptors (Lipinski definition) is 5. The van der Waals surface area contributed by atoms with Gasteiger partial charge in [-0.2, -0.15) is 0 Å². The lowest BCUT2D eigenvalue weighted by Gasteiger charge is -2.42. The minimum atomic E-state index is -2.43. The molecule has 6 nitrogen and oxygen atoms in total. The lowest BCUT2D eigenvalue weighted by molar-refractivity contribution is -0.224. The van der Waals surface area contributed by atoms with Crippen LogP contribution in [0.25, 0.3) is 0 Å². The molecule has 144 valence electrons. The lowest BCUT2D eigenvalue weighted by Crippen LogP contribution is -2.52. The number of ether oxygens (including phenoxy) is 3. The quantitative estimate of drug-likeness (QED) is 0.583. The molecule has 1 aliphatic heterocycles. The van der Waals surface area contributed by atoms with E-state index in [1.165, 1.54) is 6.26 Å². The third-order valence-electron chi connectivity index (χ3n) is 5.87. The van der Waals surface area contributed by atoms with Gasteiger partial charge in [-0.3, -0.25) is 0 Å². The molecule has 0 saturated heterocycles. The molecule has 0 bridgehead atoms. The molecule has 1 heterocycles. The van der Waals surface area contributed by atoms with Crippen LogP contribution in [0.4, 0.5) is 0 Å². The van der Waals surface area contributed by atoms with Crippen LogP contribution in [0.15, 0.2) is 42.4 Å². The third-order valence-corrected chi connectivity index (χ3v) is 5.87. The first-order valence-electron chi connectivity index (χ1n) is 9.63. The molecule has 1 N–H and O–H groups in total. The first kappa shape index (κ1) is 17.9. The van der Waals surface area contributed by atoms with Gasteiger partial charge < -0.3 is 19.3 Å². The molecule has 1 aromatic carbocycles. The SMILES string of the molecule is O=C(O)C1(C(=O)OC(C2CCC2)C2CCC2)OC=C(Cc2ccccc2)O1. The maximum atomic E-state index is 12.8. The van der Waals surface area contributed by atoms with Crippen molar-refractivity contribution in [2.45, 2.75) is 56.8 Å². The van der Waals surface area contributed by atoms with Gasteiger partial charge in [0.2, 0.25) is 0 Å². The van der Waals surface area contributed by atoms with Gasteiger partial charge >= 0.3 is 17.7 Å². The highest BCUT2D eigenvalue weighted by atomic mass is 16.8. The van der Waals surface area contributed by atoms with Gasteiger partial charge in [0.1, 0.15) is 18.1 Å². The average Bonchev–Trinajstić information content (AvgIpc) is 2.98. The maximum Gasteiger partial charge on any atom is 0.452 e. The van der Waals surface area contributed by atoms with Crippen molar-refractivity contribution in [1.29, 1.82) is 0 Å². The van der Waals surface area contributed by atoms with E-state index in [0.717, 1.165) is 44.1 Å². The first-order chi connectivity index (χ1) is 13.1. The number of carboxylic acid groups (broad SMARTS) is 1. The number of hydrogen-bond donors (Lipinski definition) is 1. The molecule has 2 aliphatic carbocycles. The molecular formula is C21H24O6. The Kier molecular flexibility index (Phi) is 4.81. The second-order valence-electron chi connectivity index (χ2n) is 7.64. The van der Waals surface area contributed by atoms with Crippen LogP contribution in [-0.4, -0.2) is 28.9 Å². The average molecular weight is 372 g/mol. The summed E-state index contributed by atoms with van der Waals surface area (Å²) in [6, 6.07) is 9.45. The predicted octanol–water partition coefficient (Wildman–Crippen LogP) is 3.41. The highest BCUT2D eigenvalue weighted by molar-refractivity contribution is 6.01. The van der Waals surface area contributed by atoms with Gasteiger partial charge in [-0.25, -0.2) is 9.59 Å². The number of allylic oxidation sites excluding steroid dienone is 1. The zero-order chi connectivity index (χ0) is 18.9. The van der Waals surface area contributed by atoms with Gasteiger partial charge in [0, 0.05) is 6.42 Å². The Labute approximate surface area is 158 Å². The Hall–Kier alpha value is -2.50. The standard InChI is InChI=1S/C21H24O6/c22-19(23)21(25-13-17(27-21)12-14-6-2-1-3-7-14)20(24)26-18(15-8-4-9-15)16-10-5-11-16/h1-3,6-7,13,15-16,18H,4-5,8-12H2,(H,22,23). The number of rotatable bonds is 7. The summed E-state index contributed by atoms with van der Waals surface area (Å²) in [6.45, 7) is 0. The summed E-state index contributed by atoms with van der Waals surface area (Å²) in [5.41, 5.74) is 0.934. The Bertz CT molecular complexity index is 720. The normalized spacial score (nSPS) is 25.0. The fourth-order valence-electron chi connectivity index (χ4n) is 3.84. The fraction of sp³-hybridized carbons (Fsp3) is 0.524. The van der Waals surface area contributed by atoms with Crippen molar-refractivity contribution >= 4 is 11.9 Å². The number of carbonyl (C=O) groups is 2. The molecular weight excluding hydrogens is 348 g/mol. The second kappa shape index (κ2) is 7.25. The van der Waals surface area contributed by atoms with Crippen LogP contribution in [0.3, 0.4) is 0 Å². The minimum absolute atomic E-state index is 0.235. The minimum Gasteiger partial charge on any atom is -0.475 e. The molecule has 6 heteroatoms. The van der Waals surface area contributed by atoms with Gasteiger partial charge in [0.15, 0.2) is 0 Å². The van der Waals surface area contributed by atoms with E-state index in [1.807, 2.05) is 30.3 Å². The van der Waals surface area contributed by atoms with Crippen LogP contribution >= 0.6 is 0 Å². The summed E-state index contributed by atoms with van der Waals surface area (Å²) in [6.07, 6.45) is 7.67. The van der Waals surface area contributed by atoms with Crippen LogP contribution < -0.4 is 0 Å². The fourth-order valence-corrected chi connectivity index (χ4v) is 3.84. The van der Waals surface area contributed by atoms with Crippen LogP contribution in [0.5, 0.6) is 0 Å². The Balaban J connectivity index is 1.45. The number of carboxylic acids is 1. The van der Waals surface area contributed by atoms with E-state index >= 15 is 0 Å². The van der Waals surface area contributed by atoms with Crippen LogP contribution in [0.2, 0.25) is 0 Å². The van der Waals surface area contributed by atoms with Gasteiger partial charge in [-0.15, -0.1) is 0 Å². The van der Waals surface area contributed by atoms with E-state index in [1.54, 1.807) is 0 Å². The summed E-state index contributed by atoms with van der Waals surface area (Å²) in [5, 5.41) is 9.67. The van der Waals surface area contributed by atoms with Crippen molar-refractivity contribution in [2.24, 2.45) is 11.8 Å². The van der Waals surface area contributed by atoms with Crippen molar-refractivity contribution in [1.82, 2.24) is 0 Å². The highest BCUT2D eigenvalue weighted by Gasteiger charge is 2.58. The Morgan fingerprint density at radius 1 is 1.11 bits per heavy atom. The van der Waals surface area contributed by atoms with Crippen molar-refractivity contribution in [2.75, 3.05) is 0 Å². The van der Waals surface area contributed by atoms with Gasteiger partial charge in [0.05, 0.1) is 0 Å². The first-order valence-corrected chi connectivity index (χ1v) is 9.63. The Morgan fingerprint density at radius 2 is 1.74 bits per heavy atom. The van der Waals surface area contributed by atoms with Crippen molar-refractivity contribution in [3.8, 4) is 0 Å². The van der Waals surface area contributed by atoms with E-state index in [4.69, 9.17) is 14.2 Å². The molecule has 3 aliphatic rings. The lowest BCUT2D eigenvalue weighted by atomic mass is 9.70. The topological polar surface area (TPSA) is 82.1 Å². The summed E-state index contributed by atoms with van der Waals surface area (Å²) in [5.74, 6) is -3.95. The molecule has 1 unspecified atom stereocenters. The maximum absolute atomic E-state index is 12.8. The molecule has 2 saturated carbocycles. The number of benzene rings is 1. The van der Waals surface area contributed by atoms with E-state index in [0.29, 0.717) is 24.0 Å². The van der Waals surface area contributed by atoms with Crippen LogP contribution in [0.1, 0.15) is 44.1 Å². The van der Waals surface area contributed by atoms with Crippen LogP contribution in [0, 0.1) is 11.8 Å². The van der Waals surface area contributed by atoms with Gasteiger partial charge in [-0.1, -0.05) is 43.2 Å². The number of esters is 1. The smallest absolute Gasteiger partial charge is 0.452 e. The van der Waals surface area contributed by atoms with E-state index < -0.39 is 17.7 Å². The van der Waals surface area contributed by atoms with E-state index in [9.17, 15) is 14.7 Å². The summed E-state index contributed by atoms with van der Waals surface area (Å²) in [4.78, 5) is 24.7. The van der Waals surface area contributed by atoms with E-state index in [2.05, 4.69) is 0 Å². The van der Waals surface area contributed by atoms with Crippen molar-refractivity contribution in [3.05, 3.63) is 47.9 Å². The predicted molar refractivity (Wildman–Crippen MR) is 95.3 cm³/mol. The van der Waals surface area contributed by atoms with Gasteiger partial charge in [-0.05, 0) is 43.1 Å².